The smallest absolute Gasteiger partial charge is 0.242 e. The predicted molar refractivity (Wildman–Crippen MR) is 64.2 cm³/mol. The Morgan fingerprint density at radius 2 is 2.17 bits per heavy atom. The number of carbonyl (C=O) groups is 2. The molecule has 1 aromatic heterocycles. The highest BCUT2D eigenvalue weighted by atomic mass is 16.2. The molecule has 8 nitrogen and oxygen atoms in total. The predicted octanol–water partition coefficient (Wildman–Crippen LogP) is -1.62. The number of carbonyl (C=O) groups excluding carboxylic acids is 2. The Labute approximate surface area is 105 Å². The van der Waals surface area contributed by atoms with E-state index < -0.39 is 0 Å². The first-order valence-electron chi connectivity index (χ1n) is 5.66. The fraction of sp³-hybridized carbons (Fsp3) is 0.600. The van der Waals surface area contributed by atoms with E-state index in [1.54, 1.807) is 6.20 Å². The van der Waals surface area contributed by atoms with Crippen LogP contribution in [0.4, 0.5) is 0 Å². The Bertz CT molecular complexity index is 414. The van der Waals surface area contributed by atoms with Crippen molar-refractivity contribution in [2.75, 3.05) is 6.54 Å². The van der Waals surface area contributed by atoms with Crippen molar-refractivity contribution in [3.05, 3.63) is 11.9 Å². The normalized spacial score (nSPS) is 10.4. The van der Waals surface area contributed by atoms with Gasteiger partial charge in [0.2, 0.25) is 11.8 Å². The van der Waals surface area contributed by atoms with Gasteiger partial charge >= 0.3 is 0 Å². The maximum atomic E-state index is 11.5. The van der Waals surface area contributed by atoms with Gasteiger partial charge in [-0.05, 0) is 13.8 Å². The molecule has 0 saturated carbocycles. The number of rotatable bonds is 6. The average molecular weight is 254 g/mol. The molecule has 0 atom stereocenters. The second kappa shape index (κ2) is 6.70. The van der Waals surface area contributed by atoms with E-state index in [2.05, 4.69) is 20.9 Å². The molecule has 4 N–H and O–H groups in total. The van der Waals surface area contributed by atoms with Gasteiger partial charge in [-0.15, -0.1) is 5.10 Å². The minimum atomic E-state index is -0.303. The van der Waals surface area contributed by atoms with Crippen molar-refractivity contribution in [1.82, 2.24) is 25.6 Å². The van der Waals surface area contributed by atoms with Crippen molar-refractivity contribution in [3.8, 4) is 0 Å². The van der Waals surface area contributed by atoms with Crippen LogP contribution in [-0.4, -0.2) is 39.4 Å². The molecule has 0 unspecified atom stereocenters. The second-order valence-electron chi connectivity index (χ2n) is 4.11. The van der Waals surface area contributed by atoms with Crippen LogP contribution in [0.1, 0.15) is 19.5 Å². The number of nitrogens with one attached hydrogen (secondary N) is 2. The standard InChI is InChI=1S/C10H18N6O2/c1-7(2)13-9(17)4-12-10(18)6-16-5-8(3-11)14-15-16/h5,7H,3-4,6,11H2,1-2H3,(H,12,18)(H,13,17). The molecular formula is C10H18N6O2. The molecule has 2 amide bonds. The fourth-order valence-corrected chi connectivity index (χ4v) is 1.26. The molecule has 0 aliphatic carbocycles. The number of nitrogens with two attached hydrogens (primary N) is 1. The van der Waals surface area contributed by atoms with Crippen molar-refractivity contribution in [3.63, 3.8) is 0 Å². The quantitative estimate of drug-likeness (QED) is 0.564. The van der Waals surface area contributed by atoms with E-state index in [0.717, 1.165) is 0 Å². The summed E-state index contributed by atoms with van der Waals surface area (Å²) in [6.45, 7) is 3.95. The molecule has 1 rings (SSSR count). The summed E-state index contributed by atoms with van der Waals surface area (Å²) >= 11 is 0. The lowest BCUT2D eigenvalue weighted by Crippen LogP contribution is -2.40. The third-order valence-corrected chi connectivity index (χ3v) is 2.00. The number of hydrogen-bond donors (Lipinski definition) is 3. The Hall–Kier alpha value is -1.96. The van der Waals surface area contributed by atoms with Gasteiger partial charge in [-0.1, -0.05) is 5.21 Å². The lowest BCUT2D eigenvalue weighted by Gasteiger charge is -2.09. The molecule has 1 heterocycles. The van der Waals surface area contributed by atoms with Crippen LogP contribution in [0.5, 0.6) is 0 Å². The highest BCUT2D eigenvalue weighted by molar-refractivity contribution is 5.84. The zero-order valence-electron chi connectivity index (χ0n) is 10.5. The summed E-state index contributed by atoms with van der Waals surface area (Å²) in [5.74, 6) is -0.526. The summed E-state index contributed by atoms with van der Waals surface area (Å²) in [6, 6.07) is 0.0526. The minimum Gasteiger partial charge on any atom is -0.352 e. The first-order valence-corrected chi connectivity index (χ1v) is 5.66. The third-order valence-electron chi connectivity index (χ3n) is 2.00. The first kappa shape index (κ1) is 14.1. The fourth-order valence-electron chi connectivity index (χ4n) is 1.26. The van der Waals surface area contributed by atoms with Gasteiger partial charge in [0.25, 0.3) is 0 Å². The van der Waals surface area contributed by atoms with Gasteiger partial charge in [0.1, 0.15) is 6.54 Å². The Kier molecular flexibility index (Phi) is 5.25. The zero-order valence-corrected chi connectivity index (χ0v) is 10.5. The number of hydrogen-bond acceptors (Lipinski definition) is 5. The molecule has 0 fully saturated rings. The first-order chi connectivity index (χ1) is 8.51. The number of aromatic nitrogens is 3. The van der Waals surface area contributed by atoms with Crippen molar-refractivity contribution >= 4 is 11.8 Å². The topological polar surface area (TPSA) is 115 Å². The van der Waals surface area contributed by atoms with Crippen LogP contribution in [0.15, 0.2) is 6.20 Å². The van der Waals surface area contributed by atoms with Crippen LogP contribution in [0.2, 0.25) is 0 Å². The Morgan fingerprint density at radius 3 is 2.72 bits per heavy atom. The van der Waals surface area contributed by atoms with E-state index in [4.69, 9.17) is 5.73 Å². The van der Waals surface area contributed by atoms with E-state index in [1.165, 1.54) is 4.68 Å². The third kappa shape index (κ3) is 4.91. The molecule has 8 heteroatoms. The van der Waals surface area contributed by atoms with E-state index in [1.807, 2.05) is 13.8 Å². The molecular weight excluding hydrogens is 236 g/mol. The van der Waals surface area contributed by atoms with Crippen LogP contribution in [0.3, 0.4) is 0 Å². The Balaban J connectivity index is 2.31. The molecule has 0 radical (unpaired) electrons. The van der Waals surface area contributed by atoms with Gasteiger partial charge in [-0.3, -0.25) is 9.59 Å². The molecule has 0 saturated heterocycles. The van der Waals surface area contributed by atoms with Crippen molar-refractivity contribution in [2.45, 2.75) is 33.0 Å². The lowest BCUT2D eigenvalue weighted by molar-refractivity contribution is -0.126. The SMILES string of the molecule is CC(C)NC(=O)CNC(=O)Cn1cc(CN)nn1. The largest absolute Gasteiger partial charge is 0.352 e. The summed E-state index contributed by atoms with van der Waals surface area (Å²) < 4.78 is 1.37. The minimum absolute atomic E-state index is 0.0158. The summed E-state index contributed by atoms with van der Waals surface area (Å²) in [7, 11) is 0. The summed E-state index contributed by atoms with van der Waals surface area (Å²) in [4.78, 5) is 22.8. The summed E-state index contributed by atoms with van der Waals surface area (Å²) in [5, 5.41) is 12.6. The monoisotopic (exact) mass is 254 g/mol. The van der Waals surface area contributed by atoms with Crippen LogP contribution >= 0.6 is 0 Å². The van der Waals surface area contributed by atoms with Gasteiger partial charge < -0.3 is 16.4 Å². The van der Waals surface area contributed by atoms with Crippen molar-refractivity contribution < 1.29 is 9.59 Å². The van der Waals surface area contributed by atoms with E-state index in [9.17, 15) is 9.59 Å². The molecule has 1 aromatic rings. The van der Waals surface area contributed by atoms with Crippen LogP contribution in [0.25, 0.3) is 0 Å². The highest BCUT2D eigenvalue weighted by Crippen LogP contribution is 1.90. The second-order valence-corrected chi connectivity index (χ2v) is 4.11. The molecule has 0 aromatic carbocycles. The molecule has 0 aliphatic heterocycles. The molecule has 100 valence electrons. The lowest BCUT2D eigenvalue weighted by atomic mass is 10.4. The van der Waals surface area contributed by atoms with Gasteiger partial charge in [-0.2, -0.15) is 0 Å². The molecule has 0 bridgehead atoms. The summed E-state index contributed by atoms with van der Waals surface area (Å²) in [6.07, 6.45) is 1.59. The average Bonchev–Trinajstić information content (AvgIpc) is 2.73. The van der Waals surface area contributed by atoms with Crippen LogP contribution in [-0.2, 0) is 22.7 Å². The van der Waals surface area contributed by atoms with Crippen molar-refractivity contribution in [2.24, 2.45) is 5.73 Å². The van der Waals surface area contributed by atoms with Gasteiger partial charge in [-0.25, -0.2) is 4.68 Å². The number of nitrogens with zero attached hydrogens (tertiary/aromatic N) is 3. The maximum Gasteiger partial charge on any atom is 0.242 e. The van der Waals surface area contributed by atoms with Crippen LogP contribution < -0.4 is 16.4 Å². The van der Waals surface area contributed by atoms with Crippen molar-refractivity contribution in [1.29, 1.82) is 0 Å². The van der Waals surface area contributed by atoms with Gasteiger partial charge in [0.05, 0.1) is 18.4 Å². The van der Waals surface area contributed by atoms with Gasteiger partial charge in [0.15, 0.2) is 0 Å². The molecule has 0 aliphatic rings. The number of amides is 2. The molecule has 18 heavy (non-hydrogen) atoms. The Morgan fingerprint density at radius 1 is 1.44 bits per heavy atom. The van der Waals surface area contributed by atoms with Gasteiger partial charge in [0, 0.05) is 12.6 Å². The molecule has 0 spiro atoms. The van der Waals surface area contributed by atoms with E-state index in [-0.39, 0.29) is 37.5 Å². The zero-order chi connectivity index (χ0) is 13.5. The van der Waals surface area contributed by atoms with Crippen LogP contribution in [0, 0.1) is 0 Å². The van der Waals surface area contributed by atoms with E-state index >= 15 is 0 Å². The maximum absolute atomic E-state index is 11.5. The summed E-state index contributed by atoms with van der Waals surface area (Å²) in [5.41, 5.74) is 5.98. The van der Waals surface area contributed by atoms with E-state index in [0.29, 0.717) is 5.69 Å². The highest BCUT2D eigenvalue weighted by Gasteiger charge is 2.08.